The molecule has 0 bridgehead atoms. The Kier molecular flexibility index (Phi) is 8.20. The van der Waals surface area contributed by atoms with E-state index in [1.165, 1.54) is 132 Å². The molecule has 0 saturated heterocycles. The normalized spacial score (nSPS) is 14.1. The molecule has 17 rings (SSSR count). The quantitative estimate of drug-likeness (QED) is 0.159. The van der Waals surface area contributed by atoms with Crippen molar-refractivity contribution in [3.05, 3.63) is 317 Å². The van der Waals surface area contributed by atoms with Gasteiger partial charge in [0.1, 0.15) is 0 Å². The number of benzene rings is 13. The summed E-state index contributed by atoms with van der Waals surface area (Å²) in [5.41, 5.74) is 25.7. The van der Waals surface area contributed by atoms with E-state index in [1.54, 1.807) is 0 Å². The molecule has 0 aromatic heterocycles. The minimum atomic E-state index is -0.528. The SMILES string of the molecule is c1ccc(-c2cc3c(cc2N(c2ccc4c(c2)-c2ccccc2C42c4ccccc4-c4ccccc42)c2ccc4c5ccccc5c5ccccc5c4c2)C2(c4ccccc4-c4ccccc42)c2ccccc2-3)cc1. The van der Waals surface area contributed by atoms with Crippen molar-refractivity contribution in [2.24, 2.45) is 0 Å². The lowest BCUT2D eigenvalue weighted by Crippen LogP contribution is -2.26. The predicted octanol–water partition coefficient (Wildman–Crippen LogP) is 19.0. The Bertz CT molecular complexity index is 4490. The lowest BCUT2D eigenvalue weighted by Gasteiger charge is -2.34. The Hall–Kier alpha value is -9.56. The molecule has 4 aliphatic rings. The van der Waals surface area contributed by atoms with Gasteiger partial charge in [-0.25, -0.2) is 0 Å². The lowest BCUT2D eigenvalue weighted by molar-refractivity contribution is 0.793. The van der Waals surface area contributed by atoms with E-state index in [4.69, 9.17) is 0 Å². The number of fused-ring (bicyclic) bond motifs is 26. The molecule has 0 heterocycles. The number of anilines is 3. The van der Waals surface area contributed by atoms with Crippen molar-refractivity contribution < 1.29 is 0 Å². The number of hydrogen-bond donors (Lipinski definition) is 0. The highest BCUT2D eigenvalue weighted by atomic mass is 15.1. The van der Waals surface area contributed by atoms with E-state index in [0.29, 0.717) is 0 Å². The first-order valence-electron chi connectivity index (χ1n) is 26.3. The van der Waals surface area contributed by atoms with Gasteiger partial charge in [-0.1, -0.05) is 237 Å². The Labute approximate surface area is 435 Å². The number of rotatable bonds is 4. The van der Waals surface area contributed by atoms with Crippen LogP contribution in [0.3, 0.4) is 0 Å². The van der Waals surface area contributed by atoms with Crippen molar-refractivity contribution in [1.29, 1.82) is 0 Å². The third-order valence-electron chi connectivity index (χ3n) is 17.7. The van der Waals surface area contributed by atoms with E-state index in [2.05, 4.69) is 278 Å². The first-order chi connectivity index (χ1) is 37.2. The molecule has 1 heteroatoms. The summed E-state index contributed by atoms with van der Waals surface area (Å²) in [6.07, 6.45) is 0. The largest absolute Gasteiger partial charge is 0.310 e. The van der Waals surface area contributed by atoms with Crippen LogP contribution in [0.1, 0.15) is 44.5 Å². The molecule has 0 N–H and O–H groups in total. The maximum Gasteiger partial charge on any atom is 0.0726 e. The average Bonchev–Trinajstić information content (AvgIpc) is 4.17. The maximum atomic E-state index is 2.60. The molecular formula is C74H45N. The van der Waals surface area contributed by atoms with Crippen molar-refractivity contribution in [3.63, 3.8) is 0 Å². The molecule has 0 unspecified atom stereocenters. The number of nitrogens with zero attached hydrogens (tertiary/aromatic N) is 1. The van der Waals surface area contributed by atoms with Gasteiger partial charge in [-0.05, 0) is 163 Å². The van der Waals surface area contributed by atoms with Gasteiger partial charge < -0.3 is 4.90 Å². The molecule has 0 radical (unpaired) electrons. The monoisotopic (exact) mass is 947 g/mol. The van der Waals surface area contributed by atoms with Gasteiger partial charge in [-0.2, -0.15) is 0 Å². The van der Waals surface area contributed by atoms with Crippen LogP contribution in [0.15, 0.2) is 273 Å². The van der Waals surface area contributed by atoms with E-state index in [9.17, 15) is 0 Å². The molecule has 13 aromatic rings. The first-order valence-corrected chi connectivity index (χ1v) is 26.3. The van der Waals surface area contributed by atoms with Gasteiger partial charge in [0.05, 0.1) is 16.5 Å². The minimum Gasteiger partial charge on any atom is -0.310 e. The molecule has 0 amide bonds. The molecule has 4 aliphatic carbocycles. The van der Waals surface area contributed by atoms with Gasteiger partial charge in [0.15, 0.2) is 0 Å². The van der Waals surface area contributed by atoms with Gasteiger partial charge >= 0.3 is 0 Å². The second-order valence-corrected chi connectivity index (χ2v) is 20.9. The zero-order chi connectivity index (χ0) is 49.0. The van der Waals surface area contributed by atoms with Crippen LogP contribution in [-0.4, -0.2) is 0 Å². The Morgan fingerprint density at radius 1 is 0.200 bits per heavy atom. The third kappa shape index (κ3) is 5.17. The summed E-state index contributed by atoms with van der Waals surface area (Å²) >= 11 is 0. The molecule has 0 fully saturated rings. The standard InChI is InChI=1S/C74H45N/c1-2-20-46(21-3-1)60-44-63-59-31-13-19-37-69(59)74(66-34-16-10-28-56(66)57-29-11-17-35-67(57)74)71(63)45-72(60)75(47-38-40-53-51-24-5-4-22-49(51)50-23-6-7-25-52(50)61(53)42-47)48-39-41-70-62(43-48)58-30-12-18-36-68(58)73(70)64-32-14-8-26-54(64)55-27-9-15-33-65(55)73/h1-45H. The Balaban J connectivity index is 1.00. The van der Waals surface area contributed by atoms with Gasteiger partial charge in [0.2, 0.25) is 0 Å². The minimum absolute atomic E-state index is 0.449. The summed E-state index contributed by atoms with van der Waals surface area (Å²) in [5, 5.41) is 7.55. The van der Waals surface area contributed by atoms with Gasteiger partial charge in [0.25, 0.3) is 0 Å². The molecular weight excluding hydrogens is 903 g/mol. The zero-order valence-electron chi connectivity index (χ0n) is 40.9. The second kappa shape index (κ2) is 15.0. The topological polar surface area (TPSA) is 3.24 Å². The van der Waals surface area contributed by atoms with Crippen molar-refractivity contribution in [2.75, 3.05) is 4.90 Å². The fourth-order valence-electron chi connectivity index (χ4n) is 14.8. The highest BCUT2D eigenvalue weighted by molar-refractivity contribution is 6.26. The van der Waals surface area contributed by atoms with Gasteiger partial charge in [-0.15, -0.1) is 0 Å². The van der Waals surface area contributed by atoms with Crippen LogP contribution < -0.4 is 4.90 Å². The molecule has 75 heavy (non-hydrogen) atoms. The molecule has 13 aromatic carbocycles. The molecule has 1 nitrogen and oxygen atoms in total. The molecule has 2 spiro atoms. The number of hydrogen-bond acceptors (Lipinski definition) is 1. The molecule has 0 atom stereocenters. The lowest BCUT2D eigenvalue weighted by atomic mass is 9.70. The summed E-state index contributed by atoms with van der Waals surface area (Å²) < 4.78 is 0. The van der Waals surface area contributed by atoms with E-state index in [0.717, 1.165) is 17.1 Å². The van der Waals surface area contributed by atoms with Crippen molar-refractivity contribution in [3.8, 4) is 55.6 Å². The van der Waals surface area contributed by atoms with Crippen LogP contribution in [0.25, 0.3) is 88.0 Å². The van der Waals surface area contributed by atoms with Crippen LogP contribution in [-0.2, 0) is 10.8 Å². The van der Waals surface area contributed by atoms with Crippen LogP contribution in [0.2, 0.25) is 0 Å². The van der Waals surface area contributed by atoms with E-state index >= 15 is 0 Å². The highest BCUT2D eigenvalue weighted by Crippen LogP contribution is 2.66. The Morgan fingerprint density at radius 2 is 0.533 bits per heavy atom. The zero-order valence-corrected chi connectivity index (χ0v) is 40.9. The fraction of sp³-hybridized carbons (Fsp3) is 0.0270. The van der Waals surface area contributed by atoms with Crippen LogP contribution in [0.5, 0.6) is 0 Å². The summed E-state index contributed by atoms with van der Waals surface area (Å²) in [7, 11) is 0. The van der Waals surface area contributed by atoms with Gasteiger partial charge in [-0.3, -0.25) is 0 Å². The molecule has 346 valence electrons. The van der Waals surface area contributed by atoms with E-state index < -0.39 is 10.8 Å². The highest BCUT2D eigenvalue weighted by Gasteiger charge is 2.53. The second-order valence-electron chi connectivity index (χ2n) is 20.9. The predicted molar refractivity (Wildman–Crippen MR) is 312 cm³/mol. The summed E-state index contributed by atoms with van der Waals surface area (Å²) in [4.78, 5) is 2.60. The molecule has 0 aliphatic heterocycles. The fourth-order valence-corrected chi connectivity index (χ4v) is 14.8. The Morgan fingerprint density at radius 3 is 1.01 bits per heavy atom. The maximum absolute atomic E-state index is 2.60. The van der Waals surface area contributed by atoms with Crippen molar-refractivity contribution >= 4 is 49.4 Å². The van der Waals surface area contributed by atoms with Crippen LogP contribution in [0.4, 0.5) is 17.1 Å². The average molecular weight is 948 g/mol. The van der Waals surface area contributed by atoms with E-state index in [-0.39, 0.29) is 0 Å². The van der Waals surface area contributed by atoms with Crippen LogP contribution in [0, 0.1) is 0 Å². The summed E-state index contributed by atoms with van der Waals surface area (Å²) in [6.45, 7) is 0. The van der Waals surface area contributed by atoms with Crippen LogP contribution >= 0.6 is 0 Å². The van der Waals surface area contributed by atoms with E-state index in [1.807, 2.05) is 0 Å². The van der Waals surface area contributed by atoms with Gasteiger partial charge in [0, 0.05) is 16.9 Å². The van der Waals surface area contributed by atoms with Crippen molar-refractivity contribution in [2.45, 2.75) is 10.8 Å². The third-order valence-corrected chi connectivity index (χ3v) is 17.7. The smallest absolute Gasteiger partial charge is 0.0726 e. The first kappa shape index (κ1) is 41.0. The summed E-state index contributed by atoms with van der Waals surface area (Å²) in [5.74, 6) is 0. The van der Waals surface area contributed by atoms with Crippen molar-refractivity contribution in [1.82, 2.24) is 0 Å². The summed E-state index contributed by atoms with van der Waals surface area (Å²) in [6, 6.07) is 104. The molecule has 0 saturated carbocycles.